The number of nitrogens with one attached hydrogen (secondary N) is 1. The Morgan fingerprint density at radius 3 is 2.47 bits per heavy atom. The number of rotatable bonds is 3. The van der Waals surface area contributed by atoms with Gasteiger partial charge < -0.3 is 11.1 Å². The van der Waals surface area contributed by atoms with Crippen molar-refractivity contribution >= 4 is 28.2 Å². The molecule has 0 fully saturated rings. The van der Waals surface area contributed by atoms with Gasteiger partial charge in [-0.15, -0.1) is 11.3 Å². The Labute approximate surface area is 104 Å². The minimum atomic E-state index is -0.618. The molecule has 0 bridgehead atoms. The van der Waals surface area contributed by atoms with Crippen LogP contribution >= 0.6 is 11.3 Å². The van der Waals surface area contributed by atoms with Gasteiger partial charge in [0.05, 0.1) is 6.04 Å². The van der Waals surface area contributed by atoms with Gasteiger partial charge >= 0.3 is 0 Å². The molecule has 0 radical (unpaired) electrons. The number of thiazole rings is 1. The monoisotopic (exact) mass is 255 g/mol. The molecular weight excluding hydrogens is 238 g/mol. The predicted octanol–water partition coefficient (Wildman–Crippen LogP) is 1.66. The molecule has 0 aliphatic heterocycles. The van der Waals surface area contributed by atoms with Crippen molar-refractivity contribution in [2.75, 3.05) is 5.32 Å². The van der Waals surface area contributed by atoms with E-state index in [4.69, 9.17) is 5.73 Å². The zero-order valence-electron chi connectivity index (χ0n) is 10.4. The van der Waals surface area contributed by atoms with Crippen molar-refractivity contribution in [2.45, 2.75) is 33.7 Å². The molecule has 1 atom stereocenters. The highest BCUT2D eigenvalue weighted by molar-refractivity contribution is 7.14. The zero-order chi connectivity index (χ0) is 13.2. The summed E-state index contributed by atoms with van der Waals surface area (Å²) in [5, 5.41) is 4.63. The maximum Gasteiger partial charge on any atom is 0.243 e. The number of amides is 1. The highest BCUT2D eigenvalue weighted by Crippen LogP contribution is 2.20. The van der Waals surface area contributed by atoms with Crippen molar-refractivity contribution in [1.29, 1.82) is 0 Å². The molecule has 1 amide bonds. The molecular formula is C11H17N3O2S. The topological polar surface area (TPSA) is 85.1 Å². The second-order valence-corrected chi connectivity index (χ2v) is 5.79. The molecule has 1 aromatic heterocycles. The lowest BCUT2D eigenvalue weighted by molar-refractivity contribution is -0.119. The first kappa shape index (κ1) is 13.8. The van der Waals surface area contributed by atoms with E-state index in [-0.39, 0.29) is 17.1 Å². The number of anilines is 1. The lowest BCUT2D eigenvalue weighted by Crippen LogP contribution is -2.45. The lowest BCUT2D eigenvalue weighted by atomic mass is 9.87. The van der Waals surface area contributed by atoms with Crippen molar-refractivity contribution in [3.63, 3.8) is 0 Å². The van der Waals surface area contributed by atoms with Crippen LogP contribution in [0.3, 0.4) is 0 Å². The van der Waals surface area contributed by atoms with Crippen LogP contribution in [-0.2, 0) is 4.79 Å². The number of hydrogen-bond donors (Lipinski definition) is 2. The summed E-state index contributed by atoms with van der Waals surface area (Å²) >= 11 is 1.21. The standard InChI is InChI=1S/C11H17N3O2S/c1-6(15)7-5-17-10(13-7)14-9(16)8(12)11(2,3)4/h5,8H,12H2,1-4H3,(H,13,14,16)/t8-/m1/s1. The zero-order valence-corrected chi connectivity index (χ0v) is 11.2. The molecule has 0 aromatic carbocycles. The smallest absolute Gasteiger partial charge is 0.243 e. The summed E-state index contributed by atoms with van der Waals surface area (Å²) in [6, 6.07) is -0.618. The number of nitrogens with two attached hydrogens (primary N) is 1. The van der Waals surface area contributed by atoms with E-state index < -0.39 is 6.04 Å². The van der Waals surface area contributed by atoms with Gasteiger partial charge in [-0.3, -0.25) is 9.59 Å². The fourth-order valence-electron chi connectivity index (χ4n) is 1.07. The van der Waals surface area contributed by atoms with E-state index in [0.29, 0.717) is 10.8 Å². The van der Waals surface area contributed by atoms with Crippen LogP contribution in [0.25, 0.3) is 0 Å². The van der Waals surface area contributed by atoms with Gasteiger partial charge in [-0.1, -0.05) is 20.8 Å². The third-order valence-corrected chi connectivity index (χ3v) is 3.07. The van der Waals surface area contributed by atoms with E-state index in [2.05, 4.69) is 10.3 Å². The number of aromatic nitrogens is 1. The first-order valence-corrected chi connectivity index (χ1v) is 6.12. The normalized spacial score (nSPS) is 13.2. The molecule has 0 saturated carbocycles. The van der Waals surface area contributed by atoms with Crippen molar-refractivity contribution in [1.82, 2.24) is 4.98 Å². The Morgan fingerprint density at radius 2 is 2.06 bits per heavy atom. The van der Waals surface area contributed by atoms with Crippen LogP contribution in [0.2, 0.25) is 0 Å². The quantitative estimate of drug-likeness (QED) is 0.804. The summed E-state index contributed by atoms with van der Waals surface area (Å²) < 4.78 is 0. The Bertz CT molecular complexity index is 434. The number of nitrogens with zero attached hydrogens (tertiary/aromatic N) is 1. The minimum Gasteiger partial charge on any atom is -0.319 e. The summed E-state index contributed by atoms with van der Waals surface area (Å²) in [4.78, 5) is 26.8. The molecule has 1 aromatic rings. The van der Waals surface area contributed by atoms with Crippen molar-refractivity contribution in [3.8, 4) is 0 Å². The SMILES string of the molecule is CC(=O)c1csc(NC(=O)[C@@H](N)C(C)(C)C)n1. The van der Waals surface area contributed by atoms with E-state index >= 15 is 0 Å². The lowest BCUT2D eigenvalue weighted by Gasteiger charge is -2.25. The Kier molecular flexibility index (Phi) is 4.00. The van der Waals surface area contributed by atoms with Gasteiger partial charge in [0.1, 0.15) is 5.69 Å². The van der Waals surface area contributed by atoms with Gasteiger partial charge in [-0.25, -0.2) is 4.98 Å². The first-order chi connectivity index (χ1) is 7.71. The molecule has 17 heavy (non-hydrogen) atoms. The minimum absolute atomic E-state index is 0.123. The fraction of sp³-hybridized carbons (Fsp3) is 0.545. The van der Waals surface area contributed by atoms with Crippen LogP contribution in [0.15, 0.2) is 5.38 Å². The molecule has 3 N–H and O–H groups in total. The molecule has 1 heterocycles. The average Bonchev–Trinajstić information content (AvgIpc) is 2.63. The van der Waals surface area contributed by atoms with Crippen molar-refractivity contribution < 1.29 is 9.59 Å². The number of hydrogen-bond acceptors (Lipinski definition) is 5. The maximum atomic E-state index is 11.8. The molecule has 94 valence electrons. The Balaban J connectivity index is 2.71. The van der Waals surface area contributed by atoms with E-state index in [1.807, 2.05) is 20.8 Å². The highest BCUT2D eigenvalue weighted by Gasteiger charge is 2.28. The van der Waals surface area contributed by atoms with E-state index in [0.717, 1.165) is 0 Å². The molecule has 5 nitrogen and oxygen atoms in total. The van der Waals surface area contributed by atoms with Crippen molar-refractivity contribution in [2.24, 2.45) is 11.1 Å². The summed E-state index contributed by atoms with van der Waals surface area (Å²) in [6.45, 7) is 7.10. The van der Waals surface area contributed by atoms with Crippen LogP contribution in [-0.4, -0.2) is 22.7 Å². The summed E-state index contributed by atoms with van der Waals surface area (Å²) in [5.41, 5.74) is 5.85. The number of ketones is 1. The summed E-state index contributed by atoms with van der Waals surface area (Å²) in [5.74, 6) is -0.413. The van der Waals surface area contributed by atoms with Crippen LogP contribution in [0.1, 0.15) is 38.2 Å². The summed E-state index contributed by atoms with van der Waals surface area (Å²) in [6.07, 6.45) is 0. The van der Waals surface area contributed by atoms with Gasteiger partial charge in [0.2, 0.25) is 5.91 Å². The van der Waals surface area contributed by atoms with Crippen LogP contribution in [0, 0.1) is 5.41 Å². The van der Waals surface area contributed by atoms with Gasteiger partial charge in [0.15, 0.2) is 10.9 Å². The highest BCUT2D eigenvalue weighted by atomic mass is 32.1. The van der Waals surface area contributed by atoms with Crippen LogP contribution < -0.4 is 11.1 Å². The second-order valence-electron chi connectivity index (χ2n) is 4.93. The van der Waals surface area contributed by atoms with E-state index in [1.54, 1.807) is 5.38 Å². The number of carbonyl (C=O) groups is 2. The molecule has 6 heteroatoms. The number of carbonyl (C=O) groups excluding carboxylic acids is 2. The molecule has 0 aliphatic rings. The molecule has 1 rings (SSSR count). The Morgan fingerprint density at radius 1 is 1.47 bits per heavy atom. The Hall–Kier alpha value is -1.27. The van der Waals surface area contributed by atoms with Gasteiger partial charge in [0, 0.05) is 12.3 Å². The van der Waals surface area contributed by atoms with Gasteiger partial charge in [-0.05, 0) is 5.41 Å². The average molecular weight is 255 g/mol. The van der Waals surface area contributed by atoms with E-state index in [1.165, 1.54) is 18.3 Å². The second kappa shape index (κ2) is 4.93. The fourth-order valence-corrected chi connectivity index (χ4v) is 1.82. The molecule has 0 aliphatic carbocycles. The first-order valence-electron chi connectivity index (χ1n) is 5.24. The van der Waals surface area contributed by atoms with Gasteiger partial charge in [-0.2, -0.15) is 0 Å². The largest absolute Gasteiger partial charge is 0.319 e. The number of Topliss-reactive ketones (excluding diaryl/α,β-unsaturated/α-hetero) is 1. The van der Waals surface area contributed by atoms with Crippen LogP contribution in [0.4, 0.5) is 5.13 Å². The molecule has 0 spiro atoms. The molecule has 0 saturated heterocycles. The van der Waals surface area contributed by atoms with Gasteiger partial charge in [0.25, 0.3) is 0 Å². The third-order valence-electron chi connectivity index (χ3n) is 2.31. The van der Waals surface area contributed by atoms with Crippen molar-refractivity contribution in [3.05, 3.63) is 11.1 Å². The maximum absolute atomic E-state index is 11.8. The predicted molar refractivity (Wildman–Crippen MR) is 68.2 cm³/mol. The third kappa shape index (κ3) is 3.61. The summed E-state index contributed by atoms with van der Waals surface area (Å²) in [7, 11) is 0. The van der Waals surface area contributed by atoms with E-state index in [9.17, 15) is 9.59 Å². The molecule has 0 unspecified atom stereocenters. The van der Waals surface area contributed by atoms with Crippen LogP contribution in [0.5, 0.6) is 0 Å².